The smallest absolute Gasteiger partial charge is 0.0391 e. The van der Waals surface area contributed by atoms with Crippen LogP contribution in [0.15, 0.2) is 18.2 Å². The molecular weight excluding hydrogens is 196 g/mol. The first kappa shape index (κ1) is 11.5. The molecule has 0 fully saturated rings. The van der Waals surface area contributed by atoms with Crippen LogP contribution < -0.4 is 5.32 Å². The number of hydrogen-bond acceptors (Lipinski definition) is 2. The highest BCUT2D eigenvalue weighted by molar-refractivity contribution is 5.55. The molecule has 2 rings (SSSR count). The summed E-state index contributed by atoms with van der Waals surface area (Å²) in [4.78, 5) is 2.25. The van der Waals surface area contributed by atoms with Crippen molar-refractivity contribution in [1.29, 1.82) is 0 Å². The Morgan fingerprint density at radius 1 is 1.38 bits per heavy atom. The molecule has 1 aliphatic heterocycles. The zero-order valence-corrected chi connectivity index (χ0v) is 10.6. The first-order chi connectivity index (χ1) is 7.69. The number of anilines is 1. The normalized spacial score (nSPS) is 19.4. The van der Waals surface area contributed by atoms with Gasteiger partial charge in [0.2, 0.25) is 0 Å². The van der Waals surface area contributed by atoms with Crippen LogP contribution in [-0.2, 0) is 12.8 Å². The van der Waals surface area contributed by atoms with Crippen molar-refractivity contribution in [3.63, 3.8) is 0 Å². The van der Waals surface area contributed by atoms with Crippen LogP contribution >= 0.6 is 0 Å². The van der Waals surface area contributed by atoms with Crippen molar-refractivity contribution < 1.29 is 0 Å². The maximum Gasteiger partial charge on any atom is 0.0391 e. The summed E-state index contributed by atoms with van der Waals surface area (Å²) in [5.41, 5.74) is 4.29. The molecule has 0 saturated heterocycles. The van der Waals surface area contributed by atoms with Crippen molar-refractivity contribution in [2.75, 3.05) is 26.0 Å². The lowest BCUT2D eigenvalue weighted by Gasteiger charge is -2.29. The third-order valence-electron chi connectivity index (χ3n) is 3.29. The summed E-state index contributed by atoms with van der Waals surface area (Å²) in [6.45, 7) is 3.34. The minimum atomic E-state index is 0.606. The molecule has 88 valence electrons. The maximum absolute atomic E-state index is 3.64. The molecule has 0 aromatic heterocycles. The highest BCUT2D eigenvalue weighted by Crippen LogP contribution is 2.26. The van der Waals surface area contributed by atoms with E-state index in [0.29, 0.717) is 6.04 Å². The largest absolute Gasteiger partial charge is 0.381 e. The molecule has 1 atom stereocenters. The predicted molar refractivity (Wildman–Crippen MR) is 70.1 cm³/mol. The Bertz CT molecular complexity index is 358. The van der Waals surface area contributed by atoms with Crippen LogP contribution in [0.1, 0.15) is 24.5 Å². The van der Waals surface area contributed by atoms with Gasteiger partial charge in [0.15, 0.2) is 0 Å². The summed E-state index contributed by atoms with van der Waals surface area (Å²) in [6.07, 6.45) is 3.60. The number of hydrogen-bond donors (Lipinski definition) is 1. The highest BCUT2D eigenvalue weighted by atomic mass is 15.1. The molecule has 0 bridgehead atoms. The average molecular weight is 218 g/mol. The van der Waals surface area contributed by atoms with Gasteiger partial charge in [-0.15, -0.1) is 0 Å². The lowest BCUT2D eigenvalue weighted by Crippen LogP contribution is -2.35. The topological polar surface area (TPSA) is 15.3 Å². The monoisotopic (exact) mass is 218 g/mol. The number of rotatable bonds is 3. The summed E-state index contributed by atoms with van der Waals surface area (Å²) < 4.78 is 0. The highest BCUT2D eigenvalue weighted by Gasteiger charge is 2.17. The summed E-state index contributed by atoms with van der Waals surface area (Å²) in [6, 6.07) is 7.45. The van der Waals surface area contributed by atoms with Crippen LogP contribution in [0.5, 0.6) is 0 Å². The Labute approximate surface area is 98.7 Å². The molecule has 0 saturated carbocycles. The number of likely N-dealkylation sites (N-methyl/N-ethyl adjacent to an activating group) is 1. The van der Waals surface area contributed by atoms with Gasteiger partial charge in [-0.25, -0.2) is 0 Å². The summed E-state index contributed by atoms with van der Waals surface area (Å²) in [5, 5.41) is 3.64. The fourth-order valence-electron chi connectivity index (χ4n) is 2.41. The van der Waals surface area contributed by atoms with Gasteiger partial charge in [0.25, 0.3) is 0 Å². The first-order valence-corrected chi connectivity index (χ1v) is 6.22. The maximum atomic E-state index is 3.64. The number of nitrogens with zero attached hydrogens (tertiary/aromatic N) is 1. The van der Waals surface area contributed by atoms with Crippen molar-refractivity contribution >= 4 is 5.69 Å². The summed E-state index contributed by atoms with van der Waals surface area (Å²) in [5.74, 6) is 0. The Morgan fingerprint density at radius 3 is 2.88 bits per heavy atom. The van der Waals surface area contributed by atoms with E-state index in [1.165, 1.54) is 29.7 Å². The zero-order valence-electron chi connectivity index (χ0n) is 10.6. The van der Waals surface area contributed by atoms with Gasteiger partial charge in [-0.05, 0) is 50.6 Å². The minimum absolute atomic E-state index is 0.606. The molecule has 2 nitrogen and oxygen atoms in total. The fraction of sp³-hybridized carbons (Fsp3) is 0.571. The molecular formula is C14H22N2. The van der Waals surface area contributed by atoms with Gasteiger partial charge in [-0.3, -0.25) is 0 Å². The second-order valence-corrected chi connectivity index (χ2v) is 4.99. The van der Waals surface area contributed by atoms with Crippen LogP contribution in [0.4, 0.5) is 5.69 Å². The Kier molecular flexibility index (Phi) is 3.49. The van der Waals surface area contributed by atoms with Gasteiger partial charge < -0.3 is 10.2 Å². The molecule has 1 aromatic carbocycles. The molecule has 0 amide bonds. The quantitative estimate of drug-likeness (QED) is 0.838. The van der Waals surface area contributed by atoms with Gasteiger partial charge in [-0.2, -0.15) is 0 Å². The number of aryl methyl sites for hydroxylation is 2. The molecule has 0 spiro atoms. The van der Waals surface area contributed by atoms with E-state index >= 15 is 0 Å². The van der Waals surface area contributed by atoms with E-state index in [4.69, 9.17) is 0 Å². The van der Waals surface area contributed by atoms with Gasteiger partial charge >= 0.3 is 0 Å². The lowest BCUT2D eigenvalue weighted by molar-refractivity contribution is 0.371. The van der Waals surface area contributed by atoms with E-state index in [1.54, 1.807) is 0 Å². The molecule has 0 aliphatic carbocycles. The van der Waals surface area contributed by atoms with E-state index < -0.39 is 0 Å². The Balaban J connectivity index is 2.09. The molecule has 1 N–H and O–H groups in total. The number of nitrogens with one attached hydrogen (secondary N) is 1. The van der Waals surface area contributed by atoms with Gasteiger partial charge in [0, 0.05) is 18.3 Å². The van der Waals surface area contributed by atoms with Crippen LogP contribution in [0.3, 0.4) is 0 Å². The third kappa shape index (κ3) is 2.56. The average Bonchev–Trinajstić information content (AvgIpc) is 2.27. The second kappa shape index (κ2) is 4.88. The van der Waals surface area contributed by atoms with E-state index in [-0.39, 0.29) is 0 Å². The van der Waals surface area contributed by atoms with E-state index in [2.05, 4.69) is 49.4 Å². The van der Waals surface area contributed by atoms with Crippen molar-refractivity contribution in [2.45, 2.75) is 32.2 Å². The Morgan fingerprint density at radius 2 is 2.19 bits per heavy atom. The van der Waals surface area contributed by atoms with Gasteiger partial charge in [0.1, 0.15) is 0 Å². The zero-order chi connectivity index (χ0) is 11.5. The molecule has 1 aromatic rings. The lowest BCUT2D eigenvalue weighted by atomic mass is 9.95. The fourth-order valence-corrected chi connectivity index (χ4v) is 2.41. The van der Waals surface area contributed by atoms with Crippen LogP contribution in [0.2, 0.25) is 0 Å². The van der Waals surface area contributed by atoms with Crippen LogP contribution in [0.25, 0.3) is 0 Å². The SMILES string of the molecule is CCc1ccc2c(c1)CCC(CN(C)C)N2. The standard InChI is InChI=1S/C14H22N2/c1-4-11-5-8-14-12(9-11)6-7-13(15-14)10-16(2)3/h5,8-9,13,15H,4,6-7,10H2,1-3H3. The van der Waals surface area contributed by atoms with Crippen LogP contribution in [0, 0.1) is 0 Å². The molecule has 1 aliphatic rings. The minimum Gasteiger partial charge on any atom is -0.381 e. The summed E-state index contributed by atoms with van der Waals surface area (Å²) >= 11 is 0. The van der Waals surface area contributed by atoms with Crippen molar-refractivity contribution in [3.05, 3.63) is 29.3 Å². The second-order valence-electron chi connectivity index (χ2n) is 4.99. The third-order valence-corrected chi connectivity index (χ3v) is 3.29. The molecule has 2 heteroatoms. The van der Waals surface area contributed by atoms with Crippen LogP contribution in [-0.4, -0.2) is 31.6 Å². The van der Waals surface area contributed by atoms with Crippen molar-refractivity contribution in [3.8, 4) is 0 Å². The van der Waals surface area contributed by atoms with E-state index in [9.17, 15) is 0 Å². The Hall–Kier alpha value is -1.02. The number of benzene rings is 1. The molecule has 0 radical (unpaired) electrons. The molecule has 1 unspecified atom stereocenters. The number of fused-ring (bicyclic) bond motifs is 1. The van der Waals surface area contributed by atoms with Crippen molar-refractivity contribution in [1.82, 2.24) is 4.90 Å². The molecule has 16 heavy (non-hydrogen) atoms. The van der Waals surface area contributed by atoms with Gasteiger partial charge in [0.05, 0.1) is 0 Å². The summed E-state index contributed by atoms with van der Waals surface area (Å²) in [7, 11) is 4.27. The van der Waals surface area contributed by atoms with E-state index in [0.717, 1.165) is 13.0 Å². The van der Waals surface area contributed by atoms with Gasteiger partial charge in [-0.1, -0.05) is 19.1 Å². The van der Waals surface area contributed by atoms with E-state index in [1.807, 2.05) is 0 Å². The predicted octanol–water partition coefficient (Wildman–Crippen LogP) is 2.54. The first-order valence-electron chi connectivity index (χ1n) is 6.22. The molecule has 1 heterocycles. The van der Waals surface area contributed by atoms with Crippen molar-refractivity contribution in [2.24, 2.45) is 0 Å².